The van der Waals surface area contributed by atoms with Gasteiger partial charge in [-0.15, -0.1) is 0 Å². The van der Waals surface area contributed by atoms with Crippen molar-refractivity contribution in [2.45, 2.75) is 32.2 Å². The van der Waals surface area contributed by atoms with E-state index in [1.165, 1.54) is 12.8 Å². The summed E-state index contributed by atoms with van der Waals surface area (Å²) in [5.41, 5.74) is 0. The van der Waals surface area contributed by atoms with Crippen LogP contribution in [-0.2, 0) is 4.79 Å². The van der Waals surface area contributed by atoms with Crippen molar-refractivity contribution in [1.82, 2.24) is 10.2 Å². The molecule has 1 saturated carbocycles. The lowest BCUT2D eigenvalue weighted by molar-refractivity contribution is -0.120. The van der Waals surface area contributed by atoms with Gasteiger partial charge in [-0.05, 0) is 19.4 Å². The Morgan fingerprint density at radius 1 is 1.64 bits per heavy atom. The van der Waals surface area contributed by atoms with Crippen molar-refractivity contribution in [2.24, 2.45) is 0 Å². The van der Waals surface area contributed by atoms with E-state index in [0.717, 1.165) is 19.1 Å². The lowest BCUT2D eigenvalue weighted by Gasteiger charge is -2.19. The van der Waals surface area contributed by atoms with Crippen LogP contribution in [-0.4, -0.2) is 36.5 Å². The molecule has 0 atom stereocenters. The Bertz CT molecular complexity index is 230. The highest BCUT2D eigenvalue weighted by atomic mass is 16.1. The Labute approximate surface area is 84.9 Å². The summed E-state index contributed by atoms with van der Waals surface area (Å²) in [6, 6.07) is 2.57. The number of nitrogens with zero attached hydrogens (tertiary/aromatic N) is 2. The third-order valence-corrected chi connectivity index (χ3v) is 2.43. The van der Waals surface area contributed by atoms with Crippen molar-refractivity contribution in [2.75, 3.05) is 19.6 Å². The molecule has 0 aromatic heterocycles. The van der Waals surface area contributed by atoms with Gasteiger partial charge in [0.15, 0.2) is 0 Å². The van der Waals surface area contributed by atoms with Gasteiger partial charge in [-0.3, -0.25) is 9.69 Å². The highest BCUT2D eigenvalue weighted by Crippen LogP contribution is 2.25. The van der Waals surface area contributed by atoms with Crippen LogP contribution in [0.1, 0.15) is 26.2 Å². The fourth-order valence-electron chi connectivity index (χ4n) is 1.51. The number of hydrogen-bond acceptors (Lipinski definition) is 3. The zero-order valence-corrected chi connectivity index (χ0v) is 8.62. The smallest absolute Gasteiger partial charge is 0.234 e. The molecule has 0 bridgehead atoms. The first-order chi connectivity index (χ1) is 6.77. The Morgan fingerprint density at radius 2 is 2.36 bits per heavy atom. The molecule has 1 amide bonds. The minimum atomic E-state index is -0.167. The van der Waals surface area contributed by atoms with Crippen molar-refractivity contribution in [3.63, 3.8) is 0 Å². The third kappa shape index (κ3) is 3.75. The fourth-order valence-corrected chi connectivity index (χ4v) is 1.51. The summed E-state index contributed by atoms with van der Waals surface area (Å²) >= 11 is 0. The van der Waals surface area contributed by atoms with Gasteiger partial charge >= 0.3 is 0 Å². The zero-order chi connectivity index (χ0) is 10.4. The summed E-state index contributed by atoms with van der Waals surface area (Å²) in [7, 11) is 0. The van der Waals surface area contributed by atoms with E-state index in [-0.39, 0.29) is 12.3 Å². The minimum Gasteiger partial charge on any atom is -0.354 e. The maximum atomic E-state index is 10.9. The van der Waals surface area contributed by atoms with Gasteiger partial charge in [0, 0.05) is 19.1 Å². The average Bonchev–Trinajstić information content (AvgIpc) is 2.96. The van der Waals surface area contributed by atoms with Gasteiger partial charge < -0.3 is 5.32 Å². The van der Waals surface area contributed by atoms with E-state index in [0.29, 0.717) is 6.54 Å². The number of carbonyl (C=O) groups excluding carboxylic acids is 1. The van der Waals surface area contributed by atoms with Gasteiger partial charge in [0.2, 0.25) is 5.91 Å². The van der Waals surface area contributed by atoms with Gasteiger partial charge in [-0.2, -0.15) is 5.26 Å². The van der Waals surface area contributed by atoms with Gasteiger partial charge in [-0.25, -0.2) is 0 Å². The number of nitrogens with one attached hydrogen (secondary N) is 1. The molecule has 14 heavy (non-hydrogen) atoms. The molecule has 0 aliphatic heterocycles. The van der Waals surface area contributed by atoms with Crippen LogP contribution in [0.4, 0.5) is 0 Å². The molecule has 0 unspecified atom stereocenters. The number of rotatable bonds is 6. The summed E-state index contributed by atoms with van der Waals surface area (Å²) in [5.74, 6) is -0.167. The molecular formula is C10H17N3O. The molecule has 78 valence electrons. The highest BCUT2D eigenvalue weighted by molar-refractivity contribution is 5.77. The molecular weight excluding hydrogens is 178 g/mol. The Hall–Kier alpha value is -1.08. The van der Waals surface area contributed by atoms with Gasteiger partial charge in [0.1, 0.15) is 6.42 Å². The maximum Gasteiger partial charge on any atom is 0.234 e. The molecule has 0 aromatic carbocycles. The van der Waals surface area contributed by atoms with Crippen molar-refractivity contribution in [3.05, 3.63) is 0 Å². The predicted octanol–water partition coefficient (Wildman–Crippen LogP) is 0.501. The molecule has 1 aliphatic rings. The monoisotopic (exact) mass is 195 g/mol. The predicted molar refractivity (Wildman–Crippen MR) is 53.5 cm³/mol. The van der Waals surface area contributed by atoms with Crippen molar-refractivity contribution in [1.29, 1.82) is 5.26 Å². The van der Waals surface area contributed by atoms with Crippen LogP contribution in [0, 0.1) is 11.3 Å². The SMILES string of the molecule is CCN(CCNC(=O)CC#N)C1CC1. The molecule has 4 heteroatoms. The Balaban J connectivity index is 2.07. The van der Waals surface area contributed by atoms with E-state index < -0.39 is 0 Å². The second-order valence-electron chi connectivity index (χ2n) is 3.54. The van der Waals surface area contributed by atoms with Crippen LogP contribution < -0.4 is 5.32 Å². The quantitative estimate of drug-likeness (QED) is 0.671. The molecule has 4 nitrogen and oxygen atoms in total. The number of carbonyl (C=O) groups is 1. The van der Waals surface area contributed by atoms with Gasteiger partial charge in [-0.1, -0.05) is 6.92 Å². The summed E-state index contributed by atoms with van der Waals surface area (Å²) in [6.07, 6.45) is 2.55. The summed E-state index contributed by atoms with van der Waals surface area (Å²) in [4.78, 5) is 13.3. The number of amides is 1. The van der Waals surface area contributed by atoms with Crippen LogP contribution in [0.15, 0.2) is 0 Å². The van der Waals surface area contributed by atoms with Crippen molar-refractivity contribution >= 4 is 5.91 Å². The molecule has 0 saturated heterocycles. The van der Waals surface area contributed by atoms with E-state index in [2.05, 4.69) is 17.1 Å². The highest BCUT2D eigenvalue weighted by Gasteiger charge is 2.27. The molecule has 0 radical (unpaired) electrons. The van der Waals surface area contributed by atoms with E-state index in [1.807, 2.05) is 6.07 Å². The van der Waals surface area contributed by atoms with Gasteiger partial charge in [0.25, 0.3) is 0 Å². The number of hydrogen-bond donors (Lipinski definition) is 1. The van der Waals surface area contributed by atoms with Crippen LogP contribution in [0.2, 0.25) is 0 Å². The standard InChI is InChI=1S/C10H17N3O/c1-2-13(9-3-4-9)8-7-12-10(14)5-6-11/h9H,2-5,7-8H2,1H3,(H,12,14). The first-order valence-corrected chi connectivity index (χ1v) is 5.15. The van der Waals surface area contributed by atoms with Gasteiger partial charge in [0.05, 0.1) is 6.07 Å². The largest absolute Gasteiger partial charge is 0.354 e. The molecule has 0 aromatic rings. The topological polar surface area (TPSA) is 56.1 Å². The van der Waals surface area contributed by atoms with E-state index in [1.54, 1.807) is 0 Å². The second-order valence-corrected chi connectivity index (χ2v) is 3.54. The maximum absolute atomic E-state index is 10.9. The van der Waals surface area contributed by atoms with E-state index >= 15 is 0 Å². The molecule has 1 rings (SSSR count). The van der Waals surface area contributed by atoms with Crippen LogP contribution >= 0.6 is 0 Å². The normalized spacial score (nSPS) is 15.2. The molecule has 1 N–H and O–H groups in total. The Kier molecular flexibility index (Phi) is 4.41. The minimum absolute atomic E-state index is 0.0322. The molecule has 1 aliphatic carbocycles. The van der Waals surface area contributed by atoms with Crippen molar-refractivity contribution < 1.29 is 4.79 Å². The average molecular weight is 195 g/mol. The van der Waals surface area contributed by atoms with E-state index in [9.17, 15) is 4.79 Å². The lowest BCUT2D eigenvalue weighted by Crippen LogP contribution is -2.35. The summed E-state index contributed by atoms with van der Waals surface area (Å²) < 4.78 is 0. The molecule has 0 heterocycles. The summed E-state index contributed by atoms with van der Waals surface area (Å²) in [5, 5.41) is 11.0. The van der Waals surface area contributed by atoms with Crippen LogP contribution in [0.5, 0.6) is 0 Å². The molecule has 0 spiro atoms. The number of nitriles is 1. The Morgan fingerprint density at radius 3 is 2.86 bits per heavy atom. The first kappa shape index (κ1) is 11.0. The zero-order valence-electron chi connectivity index (χ0n) is 8.62. The fraction of sp³-hybridized carbons (Fsp3) is 0.800. The number of likely N-dealkylation sites (N-methyl/N-ethyl adjacent to an activating group) is 1. The van der Waals surface area contributed by atoms with Crippen LogP contribution in [0.3, 0.4) is 0 Å². The third-order valence-electron chi connectivity index (χ3n) is 2.43. The van der Waals surface area contributed by atoms with Crippen molar-refractivity contribution in [3.8, 4) is 6.07 Å². The first-order valence-electron chi connectivity index (χ1n) is 5.15. The van der Waals surface area contributed by atoms with Crippen LogP contribution in [0.25, 0.3) is 0 Å². The molecule has 1 fully saturated rings. The summed E-state index contributed by atoms with van der Waals surface area (Å²) in [6.45, 7) is 4.73. The second kappa shape index (κ2) is 5.61. The van der Waals surface area contributed by atoms with E-state index in [4.69, 9.17) is 5.26 Å². The lowest BCUT2D eigenvalue weighted by atomic mass is 10.4.